The van der Waals surface area contributed by atoms with Crippen LogP contribution in [-0.2, 0) is 23.6 Å². The predicted octanol–water partition coefficient (Wildman–Crippen LogP) is 0.554. The summed E-state index contributed by atoms with van der Waals surface area (Å²) >= 11 is 5.15. The Balaban J connectivity index is 1.90. The summed E-state index contributed by atoms with van der Waals surface area (Å²) in [5.74, 6) is 0. The van der Waals surface area contributed by atoms with Gasteiger partial charge in [-0.15, -0.1) is 0 Å². The fourth-order valence-electron chi connectivity index (χ4n) is 1.63. The third kappa shape index (κ3) is 4.52. The number of hydrogen-bond donors (Lipinski definition) is 3. The van der Waals surface area contributed by atoms with Gasteiger partial charge in [-0.2, -0.15) is 5.10 Å². The Kier molecular flexibility index (Phi) is 4.56. The highest BCUT2D eigenvalue weighted by Crippen LogP contribution is 2.12. The van der Waals surface area contributed by atoms with Crippen LogP contribution in [0.25, 0.3) is 0 Å². The second-order valence-corrected chi connectivity index (χ2v) is 6.33. The highest BCUT2D eigenvalue weighted by molar-refractivity contribution is 7.89. The Labute approximate surface area is 128 Å². The van der Waals surface area contributed by atoms with Gasteiger partial charge in [-0.25, -0.2) is 13.6 Å². The molecule has 0 radical (unpaired) electrons. The van der Waals surface area contributed by atoms with Gasteiger partial charge in [0.2, 0.25) is 10.0 Å². The molecular formula is C12H15N5O2S2. The van der Waals surface area contributed by atoms with E-state index in [1.165, 1.54) is 12.1 Å². The number of nitrogens with one attached hydrogen (secondary N) is 2. The van der Waals surface area contributed by atoms with Crippen molar-refractivity contribution in [3.63, 3.8) is 0 Å². The summed E-state index contributed by atoms with van der Waals surface area (Å²) in [6, 6.07) is 7.90. The largest absolute Gasteiger partial charge is 0.357 e. The lowest BCUT2D eigenvalue weighted by Crippen LogP contribution is -2.28. The number of aryl methyl sites for hydroxylation is 1. The number of benzene rings is 1. The molecule has 2 aromatic rings. The molecule has 0 atom stereocenters. The van der Waals surface area contributed by atoms with Crippen LogP contribution in [0.15, 0.2) is 41.4 Å². The highest BCUT2D eigenvalue weighted by Gasteiger charge is 2.07. The summed E-state index contributed by atoms with van der Waals surface area (Å²) in [4.78, 5) is 0.0559. The van der Waals surface area contributed by atoms with Crippen LogP contribution in [0.2, 0.25) is 0 Å². The number of nitrogens with zero attached hydrogens (tertiary/aromatic N) is 2. The van der Waals surface area contributed by atoms with E-state index in [1.54, 1.807) is 16.8 Å². The fourth-order valence-corrected chi connectivity index (χ4v) is 2.34. The van der Waals surface area contributed by atoms with E-state index >= 15 is 0 Å². The zero-order valence-electron chi connectivity index (χ0n) is 11.3. The summed E-state index contributed by atoms with van der Waals surface area (Å²) < 4.78 is 24.0. The molecule has 9 heteroatoms. The molecule has 112 valence electrons. The maximum absolute atomic E-state index is 11.1. The summed E-state index contributed by atoms with van der Waals surface area (Å²) in [6.45, 7) is 0.502. The van der Waals surface area contributed by atoms with Gasteiger partial charge in [0.1, 0.15) is 0 Å². The number of sulfonamides is 1. The van der Waals surface area contributed by atoms with Crippen molar-refractivity contribution >= 4 is 33.0 Å². The minimum atomic E-state index is -3.68. The topological polar surface area (TPSA) is 102 Å². The molecule has 1 heterocycles. The maximum atomic E-state index is 11.1. The van der Waals surface area contributed by atoms with E-state index in [2.05, 4.69) is 15.7 Å². The first-order valence-corrected chi connectivity index (χ1v) is 7.96. The van der Waals surface area contributed by atoms with Crippen molar-refractivity contribution in [3.8, 4) is 0 Å². The number of hydrogen-bond acceptors (Lipinski definition) is 4. The lowest BCUT2D eigenvalue weighted by Gasteiger charge is -2.09. The number of thiocarbonyl (C=S) groups is 1. The third-order valence-electron chi connectivity index (χ3n) is 2.64. The van der Waals surface area contributed by atoms with Crippen LogP contribution in [0.1, 0.15) is 5.69 Å². The Morgan fingerprint density at radius 2 is 2.00 bits per heavy atom. The minimum absolute atomic E-state index is 0.0559. The fraction of sp³-hybridized carbons (Fsp3) is 0.167. The van der Waals surface area contributed by atoms with Gasteiger partial charge in [0.25, 0.3) is 0 Å². The Morgan fingerprint density at radius 3 is 2.52 bits per heavy atom. The molecule has 4 N–H and O–H groups in total. The number of aromatic nitrogens is 2. The van der Waals surface area contributed by atoms with Crippen LogP contribution in [0.3, 0.4) is 0 Å². The summed E-state index contributed by atoms with van der Waals surface area (Å²) in [6.07, 6.45) is 1.85. The van der Waals surface area contributed by atoms with Crippen molar-refractivity contribution < 1.29 is 8.42 Å². The smallest absolute Gasteiger partial charge is 0.238 e. The van der Waals surface area contributed by atoms with Crippen molar-refractivity contribution in [2.24, 2.45) is 12.2 Å². The Hall–Kier alpha value is -1.97. The van der Waals surface area contributed by atoms with E-state index in [4.69, 9.17) is 17.4 Å². The zero-order chi connectivity index (χ0) is 15.5. The second-order valence-electron chi connectivity index (χ2n) is 4.36. The number of nitrogens with two attached hydrogens (primary N) is 1. The van der Waals surface area contributed by atoms with Gasteiger partial charge in [-0.05, 0) is 42.5 Å². The van der Waals surface area contributed by atoms with E-state index < -0.39 is 10.0 Å². The monoisotopic (exact) mass is 325 g/mol. The molecule has 0 fully saturated rings. The predicted molar refractivity (Wildman–Crippen MR) is 84.1 cm³/mol. The molecule has 2 rings (SSSR count). The highest BCUT2D eigenvalue weighted by atomic mass is 32.2. The molecule has 0 spiro atoms. The Morgan fingerprint density at radius 1 is 1.33 bits per heavy atom. The van der Waals surface area contributed by atoms with Crippen LogP contribution in [0, 0.1) is 0 Å². The SMILES string of the molecule is Cn1ccc(CNC(=S)Nc2ccc(S(N)(=O)=O)cc2)n1. The molecule has 0 aliphatic heterocycles. The van der Waals surface area contributed by atoms with Gasteiger partial charge in [0.05, 0.1) is 17.1 Å². The van der Waals surface area contributed by atoms with E-state index in [1.807, 2.05) is 19.3 Å². The van der Waals surface area contributed by atoms with Gasteiger partial charge >= 0.3 is 0 Å². The molecule has 0 bridgehead atoms. The van der Waals surface area contributed by atoms with Gasteiger partial charge < -0.3 is 10.6 Å². The van der Waals surface area contributed by atoms with Crippen LogP contribution in [0.4, 0.5) is 5.69 Å². The summed E-state index contributed by atoms with van der Waals surface area (Å²) in [5.41, 5.74) is 1.53. The standard InChI is InChI=1S/C12H15N5O2S2/c1-17-7-6-10(16-17)8-14-12(20)15-9-2-4-11(5-3-9)21(13,18)19/h2-7H,8H2,1H3,(H2,13,18,19)(H2,14,15,20). The van der Waals surface area contributed by atoms with Crippen molar-refractivity contribution in [2.75, 3.05) is 5.32 Å². The number of anilines is 1. The molecule has 0 saturated carbocycles. The Bertz CT molecular complexity index is 737. The molecule has 0 amide bonds. The minimum Gasteiger partial charge on any atom is -0.357 e. The van der Waals surface area contributed by atoms with Crippen LogP contribution in [-0.4, -0.2) is 23.3 Å². The molecular weight excluding hydrogens is 310 g/mol. The molecule has 1 aromatic carbocycles. The first kappa shape index (κ1) is 15.4. The van der Waals surface area contributed by atoms with E-state index in [0.717, 1.165) is 5.69 Å². The molecule has 1 aromatic heterocycles. The molecule has 0 unspecified atom stereocenters. The van der Waals surface area contributed by atoms with Crippen molar-refractivity contribution in [1.29, 1.82) is 0 Å². The lowest BCUT2D eigenvalue weighted by atomic mass is 10.3. The van der Waals surface area contributed by atoms with Crippen molar-refractivity contribution in [1.82, 2.24) is 15.1 Å². The summed E-state index contributed by atoms with van der Waals surface area (Å²) in [7, 11) is -1.84. The molecule has 7 nitrogen and oxygen atoms in total. The van der Waals surface area contributed by atoms with Crippen molar-refractivity contribution in [3.05, 3.63) is 42.2 Å². The van der Waals surface area contributed by atoms with Crippen LogP contribution >= 0.6 is 12.2 Å². The number of primary sulfonamides is 1. The average Bonchev–Trinajstić information content (AvgIpc) is 2.82. The van der Waals surface area contributed by atoms with Crippen LogP contribution in [0.5, 0.6) is 0 Å². The van der Waals surface area contributed by atoms with E-state index in [-0.39, 0.29) is 4.90 Å². The van der Waals surface area contributed by atoms with Crippen molar-refractivity contribution in [2.45, 2.75) is 11.4 Å². The van der Waals surface area contributed by atoms with E-state index in [0.29, 0.717) is 17.3 Å². The summed E-state index contributed by atoms with van der Waals surface area (Å²) in [5, 5.41) is 15.6. The van der Waals surface area contributed by atoms with Gasteiger partial charge in [0, 0.05) is 18.9 Å². The first-order valence-electron chi connectivity index (χ1n) is 6.01. The molecule has 21 heavy (non-hydrogen) atoms. The maximum Gasteiger partial charge on any atom is 0.238 e. The lowest BCUT2D eigenvalue weighted by molar-refractivity contribution is 0.598. The second kappa shape index (κ2) is 6.20. The zero-order valence-corrected chi connectivity index (χ0v) is 12.9. The molecule has 0 aliphatic carbocycles. The van der Waals surface area contributed by atoms with Gasteiger partial charge in [-0.1, -0.05) is 0 Å². The molecule has 0 aliphatic rings. The van der Waals surface area contributed by atoms with Gasteiger partial charge in [0.15, 0.2) is 5.11 Å². The van der Waals surface area contributed by atoms with E-state index in [9.17, 15) is 8.42 Å². The number of rotatable bonds is 4. The van der Waals surface area contributed by atoms with Gasteiger partial charge in [-0.3, -0.25) is 4.68 Å². The first-order chi connectivity index (χ1) is 9.84. The molecule has 0 saturated heterocycles. The quantitative estimate of drug-likeness (QED) is 0.710. The normalized spacial score (nSPS) is 11.1. The third-order valence-corrected chi connectivity index (χ3v) is 3.82. The van der Waals surface area contributed by atoms with Crippen LogP contribution < -0.4 is 15.8 Å². The average molecular weight is 325 g/mol.